The summed E-state index contributed by atoms with van der Waals surface area (Å²) in [5.74, 6) is -0.789. The number of benzene rings is 3. The Kier molecular flexibility index (Phi) is 3.30. The maximum Gasteiger partial charge on any atom is 0.262 e. The van der Waals surface area contributed by atoms with E-state index in [-0.39, 0.29) is 16.5 Å². The SMILES string of the molecule is Cc1ccc(F)cc1NS(=O)(=O)c1ccc2c3c(cccc13)C(=O)N2. The molecule has 0 fully saturated rings. The van der Waals surface area contributed by atoms with E-state index in [4.69, 9.17) is 0 Å². The molecule has 0 spiro atoms. The number of rotatable bonds is 3. The van der Waals surface area contributed by atoms with Crippen LogP contribution in [0.3, 0.4) is 0 Å². The van der Waals surface area contributed by atoms with Gasteiger partial charge < -0.3 is 5.32 Å². The average Bonchev–Trinajstić information content (AvgIpc) is 2.89. The summed E-state index contributed by atoms with van der Waals surface area (Å²) >= 11 is 0. The molecule has 1 aliphatic heterocycles. The van der Waals surface area contributed by atoms with Crippen molar-refractivity contribution >= 4 is 38.1 Å². The zero-order chi connectivity index (χ0) is 17.8. The highest BCUT2D eigenvalue weighted by Crippen LogP contribution is 2.37. The van der Waals surface area contributed by atoms with Crippen LogP contribution in [0.4, 0.5) is 15.8 Å². The minimum absolute atomic E-state index is 0.0354. The quantitative estimate of drug-likeness (QED) is 0.752. The summed E-state index contributed by atoms with van der Waals surface area (Å²) in [5.41, 5.74) is 1.80. The van der Waals surface area contributed by atoms with Gasteiger partial charge in [-0.2, -0.15) is 0 Å². The number of carbonyl (C=O) groups excluding carboxylic acids is 1. The summed E-state index contributed by atoms with van der Waals surface area (Å²) in [7, 11) is -3.96. The Balaban J connectivity index is 1.89. The molecule has 0 aromatic heterocycles. The summed E-state index contributed by atoms with van der Waals surface area (Å²) in [6, 6.07) is 11.8. The second-order valence-electron chi connectivity index (χ2n) is 5.86. The summed E-state index contributed by atoms with van der Waals surface area (Å²) in [6.07, 6.45) is 0. The topological polar surface area (TPSA) is 75.3 Å². The van der Waals surface area contributed by atoms with Gasteiger partial charge in [-0.15, -0.1) is 0 Å². The van der Waals surface area contributed by atoms with Gasteiger partial charge >= 0.3 is 0 Å². The highest BCUT2D eigenvalue weighted by atomic mass is 32.2. The van der Waals surface area contributed by atoms with Gasteiger partial charge in [0.15, 0.2) is 0 Å². The van der Waals surface area contributed by atoms with Crippen LogP contribution < -0.4 is 10.0 Å². The summed E-state index contributed by atoms with van der Waals surface area (Å²) < 4.78 is 41.6. The van der Waals surface area contributed by atoms with Gasteiger partial charge in [0.05, 0.1) is 10.6 Å². The van der Waals surface area contributed by atoms with Gasteiger partial charge in [0.1, 0.15) is 5.82 Å². The van der Waals surface area contributed by atoms with Crippen LogP contribution >= 0.6 is 0 Å². The fourth-order valence-electron chi connectivity index (χ4n) is 3.00. The van der Waals surface area contributed by atoms with Crippen LogP contribution in [-0.2, 0) is 10.0 Å². The molecule has 7 heteroatoms. The first-order valence-corrected chi connectivity index (χ1v) is 9.01. The molecule has 0 radical (unpaired) electrons. The van der Waals surface area contributed by atoms with E-state index in [1.165, 1.54) is 18.2 Å². The van der Waals surface area contributed by atoms with Crippen LogP contribution in [0.1, 0.15) is 15.9 Å². The van der Waals surface area contributed by atoms with Crippen molar-refractivity contribution in [2.24, 2.45) is 0 Å². The fraction of sp³-hybridized carbons (Fsp3) is 0.0556. The van der Waals surface area contributed by atoms with E-state index in [1.54, 1.807) is 31.2 Å². The number of anilines is 2. The van der Waals surface area contributed by atoms with Crippen molar-refractivity contribution in [2.75, 3.05) is 10.0 Å². The second kappa shape index (κ2) is 5.29. The molecule has 2 N–H and O–H groups in total. The van der Waals surface area contributed by atoms with Crippen LogP contribution in [0.2, 0.25) is 0 Å². The molecule has 0 aliphatic carbocycles. The molecule has 0 bridgehead atoms. The number of amides is 1. The third-order valence-electron chi connectivity index (χ3n) is 4.23. The van der Waals surface area contributed by atoms with Gasteiger partial charge in [-0.3, -0.25) is 9.52 Å². The standard InChI is InChI=1S/C18H13FN2O3S/c1-10-5-6-11(19)9-15(10)21-25(23,24)16-8-7-14-17-12(16)3-2-4-13(17)18(22)20-14/h2-9,21H,1H3,(H,20,22). The van der Waals surface area contributed by atoms with Gasteiger partial charge in [-0.05, 0) is 42.8 Å². The molecule has 0 saturated carbocycles. The summed E-state index contributed by atoms with van der Waals surface area (Å²) in [5, 5.41) is 3.73. The van der Waals surface area contributed by atoms with Crippen molar-refractivity contribution in [3.63, 3.8) is 0 Å². The molecule has 0 saturated heterocycles. The van der Waals surface area contributed by atoms with Gasteiger partial charge in [-0.25, -0.2) is 12.8 Å². The van der Waals surface area contributed by atoms with Crippen molar-refractivity contribution in [1.82, 2.24) is 0 Å². The smallest absolute Gasteiger partial charge is 0.262 e. The number of carbonyl (C=O) groups is 1. The molecule has 5 nitrogen and oxygen atoms in total. The van der Waals surface area contributed by atoms with Crippen molar-refractivity contribution in [3.05, 3.63) is 65.5 Å². The lowest BCUT2D eigenvalue weighted by Gasteiger charge is -2.13. The van der Waals surface area contributed by atoms with Crippen LogP contribution in [0.25, 0.3) is 10.8 Å². The Morgan fingerprint density at radius 2 is 1.88 bits per heavy atom. The highest BCUT2D eigenvalue weighted by molar-refractivity contribution is 7.93. The summed E-state index contributed by atoms with van der Waals surface area (Å²) in [6.45, 7) is 1.69. The maximum absolute atomic E-state index is 13.5. The third kappa shape index (κ3) is 2.44. The Morgan fingerprint density at radius 3 is 2.68 bits per heavy atom. The lowest BCUT2D eigenvalue weighted by atomic mass is 10.1. The van der Waals surface area contributed by atoms with Crippen LogP contribution in [0.15, 0.2) is 53.4 Å². The van der Waals surface area contributed by atoms with E-state index < -0.39 is 15.8 Å². The van der Waals surface area contributed by atoms with Crippen molar-refractivity contribution in [1.29, 1.82) is 0 Å². The highest BCUT2D eigenvalue weighted by Gasteiger charge is 2.26. The molecule has 1 aliphatic rings. The number of sulfonamides is 1. The van der Waals surface area contributed by atoms with Crippen LogP contribution in [-0.4, -0.2) is 14.3 Å². The molecular formula is C18H13FN2O3S. The zero-order valence-electron chi connectivity index (χ0n) is 13.1. The Morgan fingerprint density at radius 1 is 1.08 bits per heavy atom. The minimum atomic E-state index is -3.96. The van der Waals surface area contributed by atoms with Crippen LogP contribution in [0, 0.1) is 12.7 Å². The largest absolute Gasteiger partial charge is 0.321 e. The van der Waals surface area contributed by atoms with E-state index in [1.807, 2.05) is 0 Å². The fourth-order valence-corrected chi connectivity index (χ4v) is 4.33. The van der Waals surface area contributed by atoms with E-state index in [0.717, 1.165) is 6.07 Å². The van der Waals surface area contributed by atoms with Gasteiger partial charge in [0.2, 0.25) is 0 Å². The van der Waals surface area contributed by atoms with Gasteiger partial charge in [-0.1, -0.05) is 18.2 Å². The van der Waals surface area contributed by atoms with Gasteiger partial charge in [0.25, 0.3) is 15.9 Å². The first-order valence-electron chi connectivity index (χ1n) is 7.53. The Labute approximate surface area is 143 Å². The molecule has 3 aromatic rings. The van der Waals surface area contributed by atoms with Crippen LogP contribution in [0.5, 0.6) is 0 Å². The normalized spacial score (nSPS) is 13.1. The molecule has 4 rings (SSSR count). The van der Waals surface area contributed by atoms with E-state index in [0.29, 0.717) is 27.6 Å². The predicted molar refractivity (Wildman–Crippen MR) is 93.8 cm³/mol. The molecule has 126 valence electrons. The first-order chi connectivity index (χ1) is 11.9. The number of nitrogens with one attached hydrogen (secondary N) is 2. The molecular weight excluding hydrogens is 343 g/mol. The molecule has 0 unspecified atom stereocenters. The molecule has 25 heavy (non-hydrogen) atoms. The summed E-state index contributed by atoms with van der Waals surface area (Å²) in [4.78, 5) is 12.0. The van der Waals surface area contributed by atoms with Crippen molar-refractivity contribution in [2.45, 2.75) is 11.8 Å². The number of aryl methyl sites for hydroxylation is 1. The average molecular weight is 356 g/mol. The lowest BCUT2D eigenvalue weighted by molar-refractivity contribution is 0.103. The Bertz CT molecular complexity index is 1160. The second-order valence-corrected chi connectivity index (χ2v) is 7.51. The third-order valence-corrected chi connectivity index (χ3v) is 5.65. The molecule has 1 heterocycles. The maximum atomic E-state index is 13.5. The number of hydrogen-bond donors (Lipinski definition) is 2. The van der Waals surface area contributed by atoms with Crippen molar-refractivity contribution < 1.29 is 17.6 Å². The zero-order valence-corrected chi connectivity index (χ0v) is 13.9. The predicted octanol–water partition coefficient (Wildman–Crippen LogP) is 3.65. The number of halogens is 1. The number of hydrogen-bond acceptors (Lipinski definition) is 3. The van der Waals surface area contributed by atoms with Crippen molar-refractivity contribution in [3.8, 4) is 0 Å². The minimum Gasteiger partial charge on any atom is -0.321 e. The monoisotopic (exact) mass is 356 g/mol. The molecule has 0 atom stereocenters. The van der Waals surface area contributed by atoms with Gasteiger partial charge in [0, 0.05) is 22.0 Å². The molecule has 1 amide bonds. The van der Waals surface area contributed by atoms with E-state index in [2.05, 4.69) is 10.0 Å². The van der Waals surface area contributed by atoms with E-state index >= 15 is 0 Å². The lowest BCUT2D eigenvalue weighted by Crippen LogP contribution is -2.14. The Hall–Kier alpha value is -2.93. The first kappa shape index (κ1) is 15.6. The van der Waals surface area contributed by atoms with E-state index in [9.17, 15) is 17.6 Å². The molecule has 3 aromatic carbocycles.